The monoisotopic (exact) mass is 314 g/mol. The van der Waals surface area contributed by atoms with Crippen molar-refractivity contribution in [3.05, 3.63) is 22.7 Å². The van der Waals surface area contributed by atoms with Crippen LogP contribution >= 0.6 is 23.2 Å². The minimum Gasteiger partial charge on any atom is -0.493 e. The number of methoxy groups -OCH3 is 2. The van der Waals surface area contributed by atoms with Gasteiger partial charge in [-0.2, -0.15) is 0 Å². The van der Waals surface area contributed by atoms with Crippen molar-refractivity contribution in [2.75, 3.05) is 14.2 Å². The lowest BCUT2D eigenvalue weighted by molar-refractivity contribution is 0.321. The van der Waals surface area contributed by atoms with Crippen LogP contribution in [0.15, 0.2) is 12.1 Å². The molecule has 3 rings (SSSR count). The van der Waals surface area contributed by atoms with E-state index in [9.17, 15) is 0 Å². The predicted molar refractivity (Wildman–Crippen MR) is 82.1 cm³/mol. The second kappa shape index (κ2) is 5.65. The highest BCUT2D eigenvalue weighted by Crippen LogP contribution is 2.55. The highest BCUT2D eigenvalue weighted by molar-refractivity contribution is 6.33. The quantitative estimate of drug-likeness (QED) is 0.722. The number of alkyl halides is 1. The second-order valence-corrected chi connectivity index (χ2v) is 6.85. The molecular weight excluding hydrogens is 295 g/mol. The molecule has 20 heavy (non-hydrogen) atoms. The number of benzene rings is 1. The molecule has 2 saturated carbocycles. The van der Waals surface area contributed by atoms with E-state index >= 15 is 0 Å². The Morgan fingerprint density at radius 1 is 1.10 bits per heavy atom. The minimum absolute atomic E-state index is 0.0300. The molecule has 0 N–H and O–H groups in total. The van der Waals surface area contributed by atoms with Gasteiger partial charge in [0.05, 0.1) is 19.6 Å². The summed E-state index contributed by atoms with van der Waals surface area (Å²) in [6.45, 7) is 0. The van der Waals surface area contributed by atoms with Gasteiger partial charge < -0.3 is 9.47 Å². The molecule has 0 amide bonds. The first-order valence-corrected chi connectivity index (χ1v) is 8.01. The lowest BCUT2D eigenvalue weighted by atomic mass is 9.84. The summed E-state index contributed by atoms with van der Waals surface area (Å²) in [4.78, 5) is 0. The minimum atomic E-state index is -0.0300. The van der Waals surface area contributed by atoms with Crippen LogP contribution in [0.4, 0.5) is 0 Å². The van der Waals surface area contributed by atoms with Crippen LogP contribution in [0.1, 0.15) is 36.6 Å². The zero-order valence-electron chi connectivity index (χ0n) is 11.9. The third kappa shape index (κ3) is 2.37. The molecule has 2 nitrogen and oxygen atoms in total. The van der Waals surface area contributed by atoms with E-state index in [1.807, 2.05) is 6.07 Å². The van der Waals surface area contributed by atoms with Crippen molar-refractivity contribution in [1.82, 2.24) is 0 Å². The normalized spacial score (nSPS) is 29.5. The highest BCUT2D eigenvalue weighted by atomic mass is 35.5. The average Bonchev–Trinajstić information content (AvgIpc) is 3.08. The van der Waals surface area contributed by atoms with Gasteiger partial charge in [0, 0.05) is 11.1 Å². The Morgan fingerprint density at radius 3 is 2.35 bits per heavy atom. The summed E-state index contributed by atoms with van der Waals surface area (Å²) < 4.78 is 10.6. The number of halogens is 2. The Labute approximate surface area is 130 Å². The maximum Gasteiger partial charge on any atom is 0.162 e. The predicted octanol–water partition coefficient (Wildman–Crippen LogP) is 5.07. The Morgan fingerprint density at radius 2 is 1.80 bits per heavy atom. The summed E-state index contributed by atoms with van der Waals surface area (Å²) in [5.74, 6) is 3.54. The van der Waals surface area contributed by atoms with Crippen molar-refractivity contribution < 1.29 is 9.47 Å². The molecule has 2 fully saturated rings. The van der Waals surface area contributed by atoms with E-state index in [4.69, 9.17) is 32.7 Å². The topological polar surface area (TPSA) is 18.5 Å². The van der Waals surface area contributed by atoms with Crippen molar-refractivity contribution >= 4 is 23.2 Å². The van der Waals surface area contributed by atoms with Gasteiger partial charge in [0.15, 0.2) is 11.5 Å². The first kappa shape index (κ1) is 14.3. The van der Waals surface area contributed by atoms with Gasteiger partial charge >= 0.3 is 0 Å². The van der Waals surface area contributed by atoms with Gasteiger partial charge in [-0.25, -0.2) is 0 Å². The van der Waals surface area contributed by atoms with Crippen molar-refractivity contribution in [2.24, 2.45) is 17.8 Å². The zero-order valence-corrected chi connectivity index (χ0v) is 13.4. The standard InChI is InChI=1S/C16H20Cl2O2/c1-19-14-7-12(13(17)8-15(14)20-2)16(18)11-6-9-3-4-10(11)5-9/h7-11,16H,3-6H2,1-2H3. The van der Waals surface area contributed by atoms with E-state index in [2.05, 4.69) is 0 Å². The summed E-state index contributed by atoms with van der Waals surface area (Å²) in [5.41, 5.74) is 0.975. The molecule has 0 radical (unpaired) electrons. The molecule has 2 aliphatic carbocycles. The van der Waals surface area contributed by atoms with E-state index in [1.165, 1.54) is 25.7 Å². The molecule has 4 unspecified atom stereocenters. The molecule has 1 aromatic rings. The van der Waals surface area contributed by atoms with E-state index in [0.717, 1.165) is 17.4 Å². The highest BCUT2D eigenvalue weighted by Gasteiger charge is 2.43. The van der Waals surface area contributed by atoms with Gasteiger partial charge in [-0.15, -0.1) is 11.6 Å². The lowest BCUT2D eigenvalue weighted by Crippen LogP contribution is -2.16. The van der Waals surface area contributed by atoms with E-state index in [1.54, 1.807) is 20.3 Å². The third-order valence-corrected chi connectivity index (χ3v) is 5.85. The fourth-order valence-electron chi connectivity index (χ4n) is 3.96. The van der Waals surface area contributed by atoms with Gasteiger partial charge in [0.1, 0.15) is 0 Å². The Hall–Kier alpha value is -0.600. The molecule has 0 spiro atoms. The number of hydrogen-bond acceptors (Lipinski definition) is 2. The molecule has 0 saturated heterocycles. The van der Waals surface area contributed by atoms with E-state index in [0.29, 0.717) is 22.4 Å². The molecule has 2 bridgehead atoms. The smallest absolute Gasteiger partial charge is 0.162 e. The Balaban J connectivity index is 1.89. The van der Waals surface area contributed by atoms with Crippen LogP contribution in [0.2, 0.25) is 5.02 Å². The fourth-order valence-corrected chi connectivity index (χ4v) is 4.78. The van der Waals surface area contributed by atoms with Gasteiger partial charge in [0.2, 0.25) is 0 Å². The number of fused-ring (bicyclic) bond motifs is 2. The van der Waals surface area contributed by atoms with Crippen molar-refractivity contribution in [3.8, 4) is 11.5 Å². The zero-order chi connectivity index (χ0) is 14.3. The van der Waals surface area contributed by atoms with Gasteiger partial charge in [-0.1, -0.05) is 18.0 Å². The van der Waals surface area contributed by atoms with E-state index < -0.39 is 0 Å². The van der Waals surface area contributed by atoms with Crippen LogP contribution in [0, 0.1) is 17.8 Å². The molecule has 0 aromatic heterocycles. The molecule has 4 heteroatoms. The van der Waals surface area contributed by atoms with Crippen LogP contribution in [-0.4, -0.2) is 14.2 Å². The van der Waals surface area contributed by atoms with E-state index in [-0.39, 0.29) is 5.38 Å². The van der Waals surface area contributed by atoms with Gasteiger partial charge in [-0.05, 0) is 48.6 Å². The molecule has 0 aliphatic heterocycles. The summed E-state index contributed by atoms with van der Waals surface area (Å²) in [6, 6.07) is 3.74. The van der Waals surface area contributed by atoms with Crippen LogP contribution in [0.3, 0.4) is 0 Å². The molecule has 2 aliphatic rings. The van der Waals surface area contributed by atoms with Gasteiger partial charge in [0.25, 0.3) is 0 Å². The summed E-state index contributed by atoms with van der Waals surface area (Å²) in [6.07, 6.45) is 5.29. The summed E-state index contributed by atoms with van der Waals surface area (Å²) in [5, 5.41) is 0.642. The molecule has 4 atom stereocenters. The van der Waals surface area contributed by atoms with Crippen LogP contribution in [0.25, 0.3) is 0 Å². The first-order valence-electron chi connectivity index (χ1n) is 7.19. The van der Waals surface area contributed by atoms with Crippen molar-refractivity contribution in [2.45, 2.75) is 31.1 Å². The lowest BCUT2D eigenvalue weighted by Gasteiger charge is -2.27. The Bertz CT molecular complexity index is 503. The largest absolute Gasteiger partial charge is 0.493 e. The van der Waals surface area contributed by atoms with Crippen LogP contribution in [-0.2, 0) is 0 Å². The van der Waals surface area contributed by atoms with Crippen LogP contribution in [0.5, 0.6) is 11.5 Å². The average molecular weight is 315 g/mol. The summed E-state index contributed by atoms with van der Waals surface area (Å²) >= 11 is 13.1. The number of hydrogen-bond donors (Lipinski definition) is 0. The second-order valence-electron chi connectivity index (χ2n) is 5.97. The summed E-state index contributed by atoms with van der Waals surface area (Å²) in [7, 11) is 3.25. The fraction of sp³-hybridized carbons (Fsp3) is 0.625. The first-order chi connectivity index (χ1) is 9.63. The van der Waals surface area contributed by atoms with Crippen molar-refractivity contribution in [1.29, 1.82) is 0 Å². The molecular formula is C16H20Cl2O2. The molecule has 0 heterocycles. The molecule has 1 aromatic carbocycles. The number of rotatable bonds is 4. The Kier molecular flexibility index (Phi) is 4.05. The van der Waals surface area contributed by atoms with Crippen molar-refractivity contribution in [3.63, 3.8) is 0 Å². The number of ether oxygens (including phenoxy) is 2. The SMILES string of the molecule is COc1cc(Cl)c(C(Cl)C2CC3CCC2C3)cc1OC. The molecule has 110 valence electrons. The van der Waals surface area contributed by atoms with Gasteiger partial charge in [-0.3, -0.25) is 0 Å². The maximum absolute atomic E-state index is 6.76. The van der Waals surface area contributed by atoms with Crippen LogP contribution < -0.4 is 9.47 Å². The third-order valence-electron chi connectivity index (χ3n) is 4.97. The maximum atomic E-state index is 6.76.